The van der Waals surface area contributed by atoms with Crippen molar-refractivity contribution in [1.82, 2.24) is 0 Å². The third kappa shape index (κ3) is 2.04. The number of hydrogen-bond donors (Lipinski definition) is 0. The Bertz CT molecular complexity index is 81.9. The van der Waals surface area contributed by atoms with Crippen LogP contribution in [0.15, 0.2) is 0 Å². The fourth-order valence-corrected chi connectivity index (χ4v) is 0.910. The van der Waals surface area contributed by atoms with E-state index in [9.17, 15) is 4.79 Å². The van der Waals surface area contributed by atoms with E-state index in [4.69, 9.17) is 9.47 Å². The second-order valence-electron chi connectivity index (χ2n) is 1.47. The van der Waals surface area contributed by atoms with Gasteiger partial charge in [0.15, 0.2) is 6.29 Å². The molecule has 0 saturated heterocycles. The van der Waals surface area contributed by atoms with Gasteiger partial charge in [-0.2, -0.15) is 0 Å². The Labute approximate surface area is 62.5 Å². The van der Waals surface area contributed by atoms with Crippen LogP contribution < -0.4 is 0 Å². The highest BCUT2D eigenvalue weighted by Gasteiger charge is 2.26. The lowest BCUT2D eigenvalue weighted by atomic mass is 10.4. The molecule has 0 spiro atoms. The molecule has 0 atom stereocenters. The third-order valence-corrected chi connectivity index (χ3v) is 1.84. The zero-order valence-corrected chi connectivity index (χ0v) is 6.97. The molecule has 54 valence electrons. The number of carbonyl (C=O) groups excluding carboxylic acids is 1. The average Bonchev–Trinajstić information content (AvgIpc) is 1.95. The van der Waals surface area contributed by atoms with Crippen molar-refractivity contribution >= 4 is 22.2 Å². The highest BCUT2D eigenvalue weighted by molar-refractivity contribution is 9.09. The number of aldehydes is 1. The van der Waals surface area contributed by atoms with Crippen LogP contribution in [0.3, 0.4) is 0 Å². The maximum Gasteiger partial charge on any atom is 0.235 e. The van der Waals surface area contributed by atoms with E-state index in [-0.39, 0.29) is 0 Å². The maximum atomic E-state index is 10.2. The summed E-state index contributed by atoms with van der Waals surface area (Å²) >= 11 is 3.07. The lowest BCUT2D eigenvalue weighted by molar-refractivity contribution is -0.183. The Morgan fingerprint density at radius 3 is 2.00 bits per heavy atom. The van der Waals surface area contributed by atoms with Gasteiger partial charge in [0.05, 0.1) is 5.33 Å². The van der Waals surface area contributed by atoms with Gasteiger partial charge in [0.1, 0.15) is 0 Å². The van der Waals surface area contributed by atoms with Gasteiger partial charge in [-0.3, -0.25) is 4.79 Å². The Hall–Kier alpha value is 0.0700. The van der Waals surface area contributed by atoms with Crippen LogP contribution in [0, 0.1) is 0 Å². The topological polar surface area (TPSA) is 35.5 Å². The predicted molar refractivity (Wildman–Crippen MR) is 36.6 cm³/mol. The van der Waals surface area contributed by atoms with Crippen molar-refractivity contribution in [2.75, 3.05) is 19.5 Å². The van der Waals surface area contributed by atoms with Crippen molar-refractivity contribution in [2.45, 2.75) is 5.79 Å². The number of ether oxygens (including phenoxy) is 2. The van der Waals surface area contributed by atoms with Crippen LogP contribution in [-0.2, 0) is 14.3 Å². The molecule has 0 aromatic heterocycles. The normalized spacial score (nSPS) is 11.4. The molecule has 0 saturated carbocycles. The zero-order chi connectivity index (χ0) is 7.33. The van der Waals surface area contributed by atoms with E-state index < -0.39 is 5.79 Å². The Morgan fingerprint density at radius 2 is 2.00 bits per heavy atom. The van der Waals surface area contributed by atoms with Crippen molar-refractivity contribution in [3.63, 3.8) is 0 Å². The summed E-state index contributed by atoms with van der Waals surface area (Å²) in [5, 5.41) is 0.344. The second-order valence-corrected chi connectivity index (χ2v) is 2.03. The minimum atomic E-state index is -1.10. The van der Waals surface area contributed by atoms with Gasteiger partial charge in [-0.1, -0.05) is 15.9 Å². The molecular formula is C5H9BrO3. The van der Waals surface area contributed by atoms with Gasteiger partial charge in [-0.05, 0) is 0 Å². The Kier molecular flexibility index (Phi) is 4.01. The molecule has 0 N–H and O–H groups in total. The molecule has 4 heteroatoms. The minimum Gasteiger partial charge on any atom is -0.347 e. The number of halogens is 1. The summed E-state index contributed by atoms with van der Waals surface area (Å²) < 4.78 is 9.50. The van der Waals surface area contributed by atoms with E-state index in [2.05, 4.69) is 15.9 Å². The fraction of sp³-hybridized carbons (Fsp3) is 0.800. The van der Waals surface area contributed by atoms with Gasteiger partial charge in [-0.15, -0.1) is 0 Å². The molecule has 0 amide bonds. The van der Waals surface area contributed by atoms with Crippen LogP contribution in [0.25, 0.3) is 0 Å². The Morgan fingerprint density at radius 1 is 1.56 bits per heavy atom. The summed E-state index contributed by atoms with van der Waals surface area (Å²) in [6.45, 7) is 0. The molecule has 0 aliphatic heterocycles. The lowest BCUT2D eigenvalue weighted by Crippen LogP contribution is -2.37. The number of hydrogen-bond acceptors (Lipinski definition) is 3. The molecule has 0 unspecified atom stereocenters. The van der Waals surface area contributed by atoms with E-state index in [1.54, 1.807) is 0 Å². The van der Waals surface area contributed by atoms with E-state index in [1.165, 1.54) is 14.2 Å². The molecule has 0 bridgehead atoms. The van der Waals surface area contributed by atoms with Crippen molar-refractivity contribution in [2.24, 2.45) is 0 Å². The Balaban J connectivity index is 3.98. The van der Waals surface area contributed by atoms with Gasteiger partial charge in [0.2, 0.25) is 5.79 Å². The number of carbonyl (C=O) groups is 1. The van der Waals surface area contributed by atoms with Crippen LogP contribution in [0.2, 0.25) is 0 Å². The first-order valence-electron chi connectivity index (χ1n) is 2.37. The van der Waals surface area contributed by atoms with Gasteiger partial charge >= 0.3 is 0 Å². The largest absolute Gasteiger partial charge is 0.347 e. The first kappa shape index (κ1) is 9.07. The first-order valence-corrected chi connectivity index (χ1v) is 3.49. The van der Waals surface area contributed by atoms with Gasteiger partial charge < -0.3 is 9.47 Å². The van der Waals surface area contributed by atoms with Crippen LogP contribution in [0.5, 0.6) is 0 Å². The molecule has 3 nitrogen and oxygen atoms in total. The molecule has 0 aromatic rings. The first-order chi connectivity index (χ1) is 4.24. The van der Waals surface area contributed by atoms with E-state index in [0.717, 1.165) is 0 Å². The predicted octanol–water partition coefficient (Wildman–Crippen LogP) is 0.569. The van der Waals surface area contributed by atoms with Gasteiger partial charge in [0, 0.05) is 14.2 Å². The van der Waals surface area contributed by atoms with E-state index in [0.29, 0.717) is 11.6 Å². The van der Waals surface area contributed by atoms with Gasteiger partial charge in [0.25, 0.3) is 0 Å². The second kappa shape index (κ2) is 3.98. The molecule has 0 radical (unpaired) electrons. The average molecular weight is 197 g/mol. The number of alkyl halides is 1. The summed E-state index contributed by atoms with van der Waals surface area (Å²) in [5.41, 5.74) is 0. The zero-order valence-electron chi connectivity index (χ0n) is 5.39. The van der Waals surface area contributed by atoms with Crippen LogP contribution >= 0.6 is 15.9 Å². The van der Waals surface area contributed by atoms with Crippen LogP contribution in [0.1, 0.15) is 0 Å². The quantitative estimate of drug-likeness (QED) is 0.375. The maximum absolute atomic E-state index is 10.2. The van der Waals surface area contributed by atoms with E-state index >= 15 is 0 Å². The summed E-state index contributed by atoms with van der Waals surface area (Å²) in [6.07, 6.45) is 0.613. The standard InChI is InChI=1S/C5H9BrO3/c1-8-5(3-6,4-7)9-2/h4H,3H2,1-2H3. The molecule has 0 aliphatic carbocycles. The smallest absolute Gasteiger partial charge is 0.235 e. The summed E-state index contributed by atoms with van der Waals surface area (Å²) in [7, 11) is 2.83. The lowest BCUT2D eigenvalue weighted by Gasteiger charge is -2.20. The highest BCUT2D eigenvalue weighted by atomic mass is 79.9. The minimum absolute atomic E-state index is 0.344. The molecule has 0 aromatic carbocycles. The molecule has 0 heterocycles. The summed E-state index contributed by atoms with van der Waals surface area (Å²) in [5.74, 6) is -1.10. The summed E-state index contributed by atoms with van der Waals surface area (Å²) in [4.78, 5) is 10.2. The van der Waals surface area contributed by atoms with E-state index in [1.807, 2.05) is 0 Å². The van der Waals surface area contributed by atoms with Crippen molar-refractivity contribution < 1.29 is 14.3 Å². The van der Waals surface area contributed by atoms with Crippen molar-refractivity contribution in [3.05, 3.63) is 0 Å². The fourth-order valence-electron chi connectivity index (χ4n) is 0.320. The van der Waals surface area contributed by atoms with Crippen molar-refractivity contribution in [3.8, 4) is 0 Å². The highest BCUT2D eigenvalue weighted by Crippen LogP contribution is 2.10. The SMILES string of the molecule is COC(C=O)(CBr)OC. The number of methoxy groups -OCH3 is 2. The van der Waals surface area contributed by atoms with Crippen LogP contribution in [0.4, 0.5) is 0 Å². The third-order valence-electron chi connectivity index (χ3n) is 1.06. The molecule has 0 fully saturated rings. The molecular weight excluding hydrogens is 188 g/mol. The number of rotatable bonds is 4. The van der Waals surface area contributed by atoms with Crippen LogP contribution in [-0.4, -0.2) is 31.6 Å². The molecule has 0 aliphatic rings. The summed E-state index contributed by atoms with van der Waals surface area (Å²) in [6, 6.07) is 0. The monoisotopic (exact) mass is 196 g/mol. The molecule has 9 heavy (non-hydrogen) atoms. The van der Waals surface area contributed by atoms with Gasteiger partial charge in [-0.25, -0.2) is 0 Å². The van der Waals surface area contributed by atoms with Crippen molar-refractivity contribution in [1.29, 1.82) is 0 Å². The molecule has 0 rings (SSSR count).